The number of hydrogen-bond acceptors (Lipinski definition) is 11. The van der Waals surface area contributed by atoms with Gasteiger partial charge in [-0.15, -0.1) is 0 Å². The monoisotopic (exact) mass is 1230 g/mol. The van der Waals surface area contributed by atoms with Crippen molar-refractivity contribution in [1.82, 2.24) is 0 Å². The maximum Gasteiger partial charge on any atom is 0.340 e. The highest BCUT2D eigenvalue weighted by molar-refractivity contribution is 5.91. The molecule has 0 amide bonds. The zero-order chi connectivity index (χ0) is 62.4. The van der Waals surface area contributed by atoms with Crippen molar-refractivity contribution in [2.45, 2.75) is 175 Å². The maximum absolute atomic E-state index is 16.3. The molecule has 5 heterocycles. The minimum atomic E-state index is -1.35. The van der Waals surface area contributed by atoms with Gasteiger partial charge >= 0.3 is 17.6 Å². The quantitative estimate of drug-likeness (QED) is 0.0576. The number of methoxy groups -OCH3 is 1. The molecular formula is C81H84O11. The summed E-state index contributed by atoms with van der Waals surface area (Å²) in [6.45, 7) is 0.794. The second-order valence-corrected chi connectivity index (χ2v) is 29.6. The molecule has 11 nitrogen and oxygen atoms in total. The number of aliphatic hydroxyl groups excluding tert-OH is 3. The van der Waals surface area contributed by atoms with Crippen LogP contribution in [0.25, 0.3) is 23.1 Å². The largest absolute Gasteiger partial charge is 0.482 e. The average Bonchev–Trinajstić information content (AvgIpc) is 1.24. The molecule has 4 fully saturated rings. The Kier molecular flexibility index (Phi) is 14.4. The maximum atomic E-state index is 16.3. The van der Waals surface area contributed by atoms with Crippen LogP contribution in [-0.4, -0.2) is 65.9 Å². The normalized spacial score (nSPS) is 34.2. The predicted octanol–water partition coefficient (Wildman–Crippen LogP) is 14.9. The number of allylic oxidation sites excluding steroid dienone is 4. The van der Waals surface area contributed by atoms with E-state index in [2.05, 4.69) is 121 Å². The molecular weight excluding hydrogens is 1150 g/mol. The van der Waals surface area contributed by atoms with Crippen molar-refractivity contribution in [3.8, 4) is 5.75 Å². The summed E-state index contributed by atoms with van der Waals surface area (Å²) in [5.41, 5.74) is 12.7. The Morgan fingerprint density at radius 1 is 0.750 bits per heavy atom. The van der Waals surface area contributed by atoms with Crippen molar-refractivity contribution in [3.05, 3.63) is 215 Å². The van der Waals surface area contributed by atoms with E-state index in [1.165, 1.54) is 82.0 Å². The van der Waals surface area contributed by atoms with Gasteiger partial charge in [-0.1, -0.05) is 128 Å². The SMILES string of the molecule is COC[C@@H](CCO)c1c(CO)c2ccc3c(c2oc1=O)[C@H]1OC(=O)C[C@@H]2C[C@H](c4cccc5c4CC[C@H]4CCC[C@H]6C=Cc7ccccc7[C@@]546)C=C[C@@H]2c2ccc4c(c2)[C@@H]2CC[C@@H]4C/C(=C(\C)CO)C(=O)O[C@@H]1[C@@]1(CCC[C@]4(C2)[C@H]1C[C@H]1c2ccccc2C=C[C@@H]14)O3. The molecule has 1 aromatic heterocycles. The minimum absolute atomic E-state index is 0.0167. The van der Waals surface area contributed by atoms with E-state index in [1.807, 2.05) is 19.1 Å². The van der Waals surface area contributed by atoms with Crippen LogP contribution < -0.4 is 10.4 Å². The summed E-state index contributed by atoms with van der Waals surface area (Å²) in [6.07, 6.45) is 24.6. The first-order valence-corrected chi connectivity index (χ1v) is 34.7. The number of esters is 2. The molecule has 3 N–H and O–H groups in total. The molecule has 8 bridgehead atoms. The van der Waals surface area contributed by atoms with Crippen molar-refractivity contribution < 1.29 is 48.3 Å². The molecule has 0 radical (unpaired) electrons. The second-order valence-electron chi connectivity index (χ2n) is 29.6. The Morgan fingerprint density at radius 3 is 2.43 bits per heavy atom. The highest BCUT2D eigenvalue weighted by Gasteiger charge is 2.71. The van der Waals surface area contributed by atoms with E-state index in [1.54, 1.807) is 0 Å². The topological polar surface area (TPSA) is 162 Å². The summed E-state index contributed by atoms with van der Waals surface area (Å²) in [6, 6.07) is 35.9. The Bertz CT molecular complexity index is 4200. The fourth-order valence-electron chi connectivity index (χ4n) is 22.2. The van der Waals surface area contributed by atoms with E-state index in [4.69, 9.17) is 23.4 Å². The molecule has 3 saturated carbocycles. The van der Waals surface area contributed by atoms with Crippen LogP contribution >= 0.6 is 0 Å². The number of aliphatic hydroxyl groups is 3. The summed E-state index contributed by atoms with van der Waals surface area (Å²) in [5.74, 6) is -0.515. The number of benzene rings is 5. The number of rotatable bonds is 8. The lowest BCUT2D eigenvalue weighted by Gasteiger charge is -2.58. The lowest BCUT2D eigenvalue weighted by atomic mass is 9.48. The van der Waals surface area contributed by atoms with Crippen LogP contribution in [0.1, 0.15) is 217 Å². The van der Waals surface area contributed by atoms with Gasteiger partial charge in [0.05, 0.1) is 25.4 Å². The number of fused-ring (bicyclic) bond motifs is 16. The first-order valence-electron chi connectivity index (χ1n) is 34.7. The van der Waals surface area contributed by atoms with Gasteiger partial charge in [0.1, 0.15) is 11.3 Å². The Hall–Kier alpha value is -7.15. The van der Waals surface area contributed by atoms with Crippen LogP contribution in [0.2, 0.25) is 0 Å². The average molecular weight is 1230 g/mol. The molecule has 2 spiro atoms. The van der Waals surface area contributed by atoms with Crippen molar-refractivity contribution in [3.63, 3.8) is 0 Å². The highest BCUT2D eigenvalue weighted by atomic mass is 16.6. The lowest BCUT2D eigenvalue weighted by molar-refractivity contribution is -0.222. The van der Waals surface area contributed by atoms with Gasteiger partial charge in [0.2, 0.25) is 0 Å². The number of carbonyl (C=O) groups excluding carboxylic acids is 2. The predicted molar refractivity (Wildman–Crippen MR) is 352 cm³/mol. The number of hydrogen-bond donors (Lipinski definition) is 3. The molecule has 0 unspecified atom stereocenters. The van der Waals surface area contributed by atoms with E-state index < -0.39 is 47.9 Å². The van der Waals surface area contributed by atoms with Crippen molar-refractivity contribution in [2.75, 3.05) is 26.9 Å². The summed E-state index contributed by atoms with van der Waals surface area (Å²) < 4.78 is 34.9. The Balaban J connectivity index is 0.885. The van der Waals surface area contributed by atoms with Gasteiger partial charge in [0, 0.05) is 65.7 Å². The van der Waals surface area contributed by atoms with Crippen LogP contribution in [-0.2, 0) is 42.2 Å². The number of ether oxygens (including phenoxy) is 4. The van der Waals surface area contributed by atoms with Gasteiger partial charge in [0.25, 0.3) is 0 Å². The van der Waals surface area contributed by atoms with Crippen LogP contribution in [0, 0.1) is 35.0 Å². The molecule has 5 aromatic carbocycles. The van der Waals surface area contributed by atoms with Gasteiger partial charge in [-0.25, -0.2) is 9.59 Å². The first kappa shape index (κ1) is 58.7. The molecule has 11 heteroatoms. The molecule has 6 aromatic rings. The molecule has 8 aliphatic carbocycles. The van der Waals surface area contributed by atoms with E-state index >= 15 is 9.59 Å². The van der Waals surface area contributed by atoms with E-state index in [0.717, 1.165) is 51.4 Å². The van der Waals surface area contributed by atoms with Gasteiger partial charge in [-0.2, -0.15) is 0 Å². The Morgan fingerprint density at radius 2 is 1.58 bits per heavy atom. The third-order valence-corrected chi connectivity index (χ3v) is 25.8. The zero-order valence-electron chi connectivity index (χ0n) is 53.0. The Labute approximate surface area is 538 Å². The van der Waals surface area contributed by atoms with E-state index in [9.17, 15) is 20.1 Å². The van der Waals surface area contributed by atoms with Crippen molar-refractivity contribution in [1.29, 1.82) is 0 Å². The molecule has 18 rings (SSSR count). The van der Waals surface area contributed by atoms with Crippen molar-refractivity contribution in [2.24, 2.45) is 35.0 Å². The molecule has 474 valence electrons. The molecule has 4 aliphatic heterocycles. The third kappa shape index (κ3) is 8.61. The van der Waals surface area contributed by atoms with E-state index in [0.29, 0.717) is 58.9 Å². The van der Waals surface area contributed by atoms with Crippen molar-refractivity contribution >= 4 is 35.1 Å². The van der Waals surface area contributed by atoms with E-state index in [-0.39, 0.29) is 108 Å². The zero-order valence-corrected chi connectivity index (χ0v) is 53.0. The fourth-order valence-corrected chi connectivity index (χ4v) is 22.2. The molecule has 16 atom stereocenters. The molecule has 92 heavy (non-hydrogen) atoms. The fraction of sp³-hybridized carbons (Fsp3) is 0.469. The van der Waals surface area contributed by atoms with Crippen LogP contribution in [0.15, 0.2) is 142 Å². The third-order valence-electron chi connectivity index (χ3n) is 25.8. The summed E-state index contributed by atoms with van der Waals surface area (Å²) in [7, 11) is 1.54. The van der Waals surface area contributed by atoms with Crippen LogP contribution in [0.4, 0.5) is 0 Å². The lowest BCUT2D eigenvalue weighted by Crippen LogP contribution is -2.65. The summed E-state index contributed by atoms with van der Waals surface area (Å²) in [5, 5.41) is 33.3. The van der Waals surface area contributed by atoms with Gasteiger partial charge < -0.3 is 38.7 Å². The standard InChI is InChI=1S/C81H84O11/c1-45(42-83)62-37-50-18-19-51-41-79-33-9-34-80(70(79)40-64-57-14-5-3-10-46(57)23-30-67(64)79)76(91-77(62)86)75(73-69(92-80)31-29-61-65(43-84)72(78(87)90-74(61)73)52(32-35-82)44-88-2)89-71(85)39-53-36-48(21-26-56(53)49-22-27-59(50)63(51)38-49)58-15-8-17-68-60(58)28-25-55-13-7-12-54-24-20-47-11-4-6-16-66(47)81(54,55)68/h3-6,8,10-11,14-17,20-24,26-27,29-31,38,48,50-56,64,67,70,75-76,82-84H,7,9,12-13,18-19,25,28,32-37,39-44H2,1-2H3/b62-45-/t48-,50-,51-,52-,53+,54+,55-,56-,64+,67+,70-,75-,76+,79-,80+,81+/m1/s1. The van der Waals surface area contributed by atoms with Gasteiger partial charge in [0.15, 0.2) is 17.8 Å². The first-order chi connectivity index (χ1) is 45.0. The molecule has 1 saturated heterocycles. The summed E-state index contributed by atoms with van der Waals surface area (Å²) in [4.78, 5) is 47.3. The smallest absolute Gasteiger partial charge is 0.340 e. The van der Waals surface area contributed by atoms with Gasteiger partial charge in [-0.05, 0) is 223 Å². The second kappa shape index (κ2) is 22.5. The highest BCUT2D eigenvalue weighted by Crippen LogP contribution is 2.72. The van der Waals surface area contributed by atoms with Crippen LogP contribution in [0.5, 0.6) is 5.75 Å². The molecule has 12 aliphatic rings. The van der Waals surface area contributed by atoms with Crippen LogP contribution in [0.3, 0.4) is 0 Å². The minimum Gasteiger partial charge on any atom is -0.482 e. The van der Waals surface area contributed by atoms with Gasteiger partial charge in [-0.3, -0.25) is 4.79 Å². The number of carbonyl (C=O) groups is 2. The summed E-state index contributed by atoms with van der Waals surface area (Å²) >= 11 is 0.